The number of ether oxygens (including phenoxy) is 2. The van der Waals surface area contributed by atoms with E-state index in [0.717, 1.165) is 12.8 Å². The fraction of sp³-hybridized carbons (Fsp3) is 0.438. The number of amides is 1. The van der Waals surface area contributed by atoms with Gasteiger partial charge >= 0.3 is 6.01 Å². The first kappa shape index (κ1) is 14.2. The van der Waals surface area contributed by atoms with Gasteiger partial charge in [-0.2, -0.15) is 0 Å². The Kier molecular flexibility index (Phi) is 3.49. The van der Waals surface area contributed by atoms with E-state index in [4.69, 9.17) is 13.9 Å². The van der Waals surface area contributed by atoms with E-state index in [1.54, 1.807) is 29.4 Å². The molecular weight excluding hydrogens is 298 g/mol. The van der Waals surface area contributed by atoms with Crippen molar-refractivity contribution in [2.75, 3.05) is 19.7 Å². The number of hydrogen-bond acceptors (Lipinski definition) is 6. The van der Waals surface area contributed by atoms with Crippen molar-refractivity contribution >= 4 is 5.91 Å². The Bertz CT molecular complexity index is 668. The van der Waals surface area contributed by atoms with Crippen molar-refractivity contribution in [1.29, 1.82) is 0 Å². The molecule has 0 aliphatic carbocycles. The third-order valence-corrected chi connectivity index (χ3v) is 4.28. The number of hydrogen-bond donors (Lipinski definition) is 0. The molecule has 0 radical (unpaired) electrons. The summed E-state index contributed by atoms with van der Waals surface area (Å²) in [5.41, 5.74) is 0.262. The molecule has 2 aromatic rings. The maximum Gasteiger partial charge on any atom is 0.316 e. The minimum absolute atomic E-state index is 0.0114. The van der Waals surface area contributed by atoms with Crippen LogP contribution in [0.4, 0.5) is 0 Å². The van der Waals surface area contributed by atoms with E-state index >= 15 is 0 Å². The Balaban J connectivity index is 1.36. The van der Waals surface area contributed by atoms with E-state index in [2.05, 4.69) is 9.97 Å². The average Bonchev–Trinajstić information content (AvgIpc) is 3.07. The van der Waals surface area contributed by atoms with Gasteiger partial charge in [0.05, 0.1) is 31.5 Å². The van der Waals surface area contributed by atoms with Crippen LogP contribution >= 0.6 is 0 Å². The van der Waals surface area contributed by atoms with Crippen LogP contribution in [-0.2, 0) is 4.74 Å². The van der Waals surface area contributed by atoms with E-state index < -0.39 is 0 Å². The molecule has 4 heterocycles. The van der Waals surface area contributed by atoms with Crippen LogP contribution < -0.4 is 4.74 Å². The van der Waals surface area contributed by atoms with Gasteiger partial charge in [-0.25, -0.2) is 9.97 Å². The third-order valence-electron chi connectivity index (χ3n) is 4.28. The van der Waals surface area contributed by atoms with E-state index in [1.165, 1.54) is 12.5 Å². The molecule has 2 saturated heterocycles. The second-order valence-electron chi connectivity index (χ2n) is 5.97. The molecule has 7 heteroatoms. The van der Waals surface area contributed by atoms with Gasteiger partial charge in [-0.15, -0.1) is 0 Å². The number of rotatable bonds is 3. The normalized spacial score (nSPS) is 22.6. The van der Waals surface area contributed by atoms with Crippen molar-refractivity contribution in [3.8, 4) is 6.01 Å². The average molecular weight is 315 g/mol. The Morgan fingerprint density at radius 2 is 2.17 bits per heavy atom. The lowest BCUT2D eigenvalue weighted by Gasteiger charge is -2.52. The van der Waals surface area contributed by atoms with Gasteiger partial charge in [0.1, 0.15) is 18.0 Å². The number of aromatic nitrogens is 2. The predicted octanol–water partition coefficient (Wildman–Crippen LogP) is 1.52. The molecule has 23 heavy (non-hydrogen) atoms. The molecule has 1 atom stereocenters. The molecule has 1 spiro atoms. The zero-order chi connectivity index (χ0) is 15.7. The molecule has 1 unspecified atom stereocenters. The summed E-state index contributed by atoms with van der Waals surface area (Å²) in [6, 6.07) is 3.82. The highest BCUT2D eigenvalue weighted by molar-refractivity contribution is 5.94. The molecule has 2 fully saturated rings. The minimum atomic E-state index is -0.308. The summed E-state index contributed by atoms with van der Waals surface area (Å²) in [4.78, 5) is 22.2. The highest BCUT2D eigenvalue weighted by Crippen LogP contribution is 2.36. The van der Waals surface area contributed by atoms with Gasteiger partial charge in [0, 0.05) is 25.2 Å². The van der Waals surface area contributed by atoms with Crippen molar-refractivity contribution in [3.05, 3.63) is 42.6 Å². The summed E-state index contributed by atoms with van der Waals surface area (Å²) >= 11 is 0. The van der Waals surface area contributed by atoms with Gasteiger partial charge in [0.2, 0.25) is 0 Å². The molecule has 7 nitrogen and oxygen atoms in total. The van der Waals surface area contributed by atoms with Crippen LogP contribution in [0.25, 0.3) is 0 Å². The quantitative estimate of drug-likeness (QED) is 0.854. The summed E-state index contributed by atoms with van der Waals surface area (Å²) in [6.45, 7) is 1.77. The number of likely N-dealkylation sites (tertiary alicyclic amines) is 1. The molecule has 4 rings (SSSR count). The lowest BCUT2D eigenvalue weighted by atomic mass is 9.84. The van der Waals surface area contributed by atoms with E-state index in [-0.39, 0.29) is 17.6 Å². The maximum absolute atomic E-state index is 12.2. The summed E-state index contributed by atoms with van der Waals surface area (Å²) in [5.74, 6) is -0.0255. The first-order valence-electron chi connectivity index (χ1n) is 7.63. The van der Waals surface area contributed by atoms with Gasteiger partial charge in [0.25, 0.3) is 5.91 Å². The second kappa shape index (κ2) is 5.66. The highest BCUT2D eigenvalue weighted by atomic mass is 16.5. The topological polar surface area (TPSA) is 77.7 Å². The largest absolute Gasteiger partial charge is 0.472 e. The number of furan rings is 1. The predicted molar refractivity (Wildman–Crippen MR) is 79.0 cm³/mol. The van der Waals surface area contributed by atoms with Crippen molar-refractivity contribution in [2.24, 2.45) is 0 Å². The molecule has 0 aromatic carbocycles. The molecule has 0 bridgehead atoms. The summed E-state index contributed by atoms with van der Waals surface area (Å²) in [7, 11) is 0. The molecule has 0 saturated carbocycles. The summed E-state index contributed by atoms with van der Waals surface area (Å²) in [5, 5.41) is 0. The first-order chi connectivity index (χ1) is 11.2. The molecule has 2 aromatic heterocycles. The standard InChI is InChI=1S/C16H17N3O4/c20-14(12-2-6-21-9-12)19-10-16(11-19)8-13(3-7-22-16)23-15-17-4-1-5-18-15/h1-2,4-6,9,13H,3,7-8,10-11H2. The highest BCUT2D eigenvalue weighted by Gasteiger charge is 2.50. The minimum Gasteiger partial charge on any atom is -0.472 e. The van der Waals surface area contributed by atoms with Gasteiger partial charge in [-0.1, -0.05) is 0 Å². The van der Waals surface area contributed by atoms with Gasteiger partial charge in [-0.3, -0.25) is 4.79 Å². The Labute approximate surface area is 133 Å². The van der Waals surface area contributed by atoms with Crippen LogP contribution in [0.2, 0.25) is 0 Å². The number of carbonyl (C=O) groups excluding carboxylic acids is 1. The second-order valence-corrected chi connectivity index (χ2v) is 5.97. The SMILES string of the molecule is O=C(c1ccoc1)N1CC2(CC(Oc3ncccn3)CCO2)C1. The van der Waals surface area contributed by atoms with Crippen LogP contribution in [0, 0.1) is 0 Å². The lowest BCUT2D eigenvalue weighted by molar-refractivity contribution is -0.174. The molecular formula is C16H17N3O4. The zero-order valence-electron chi connectivity index (χ0n) is 12.6. The Morgan fingerprint density at radius 3 is 2.91 bits per heavy atom. The molecule has 0 N–H and O–H groups in total. The van der Waals surface area contributed by atoms with Crippen LogP contribution in [0.5, 0.6) is 6.01 Å². The lowest BCUT2D eigenvalue weighted by Crippen LogP contribution is -2.67. The zero-order valence-corrected chi connectivity index (χ0v) is 12.6. The van der Waals surface area contributed by atoms with Crippen molar-refractivity contribution < 1.29 is 18.7 Å². The van der Waals surface area contributed by atoms with Gasteiger partial charge in [0.15, 0.2) is 0 Å². The monoisotopic (exact) mass is 315 g/mol. The smallest absolute Gasteiger partial charge is 0.316 e. The molecule has 2 aliphatic heterocycles. The third kappa shape index (κ3) is 2.79. The van der Waals surface area contributed by atoms with Gasteiger partial charge < -0.3 is 18.8 Å². The van der Waals surface area contributed by atoms with Crippen molar-refractivity contribution in [3.63, 3.8) is 0 Å². The number of carbonyl (C=O) groups is 1. The molecule has 120 valence electrons. The van der Waals surface area contributed by atoms with Crippen molar-refractivity contribution in [2.45, 2.75) is 24.5 Å². The van der Waals surface area contributed by atoms with E-state index in [9.17, 15) is 4.79 Å². The fourth-order valence-corrected chi connectivity index (χ4v) is 3.16. The summed E-state index contributed by atoms with van der Waals surface area (Å²) < 4.78 is 16.7. The molecule has 2 aliphatic rings. The number of nitrogens with zero attached hydrogens (tertiary/aromatic N) is 3. The van der Waals surface area contributed by atoms with E-state index in [0.29, 0.717) is 31.3 Å². The molecule has 1 amide bonds. The maximum atomic E-state index is 12.2. The van der Waals surface area contributed by atoms with Gasteiger partial charge in [-0.05, 0) is 12.1 Å². The summed E-state index contributed by atoms with van der Waals surface area (Å²) in [6.07, 6.45) is 7.84. The first-order valence-corrected chi connectivity index (χ1v) is 7.63. The van der Waals surface area contributed by atoms with Crippen LogP contribution in [-0.4, -0.2) is 52.2 Å². The van der Waals surface area contributed by atoms with Crippen LogP contribution in [0.3, 0.4) is 0 Å². The fourth-order valence-electron chi connectivity index (χ4n) is 3.16. The Morgan fingerprint density at radius 1 is 1.35 bits per heavy atom. The van der Waals surface area contributed by atoms with Crippen molar-refractivity contribution in [1.82, 2.24) is 14.9 Å². The van der Waals surface area contributed by atoms with Crippen LogP contribution in [0.15, 0.2) is 41.5 Å². The Hall–Kier alpha value is -2.41. The van der Waals surface area contributed by atoms with E-state index in [1.807, 2.05) is 0 Å². The van der Waals surface area contributed by atoms with Crippen LogP contribution in [0.1, 0.15) is 23.2 Å².